The highest BCUT2D eigenvalue weighted by atomic mass is 35.5. The Hall–Kier alpha value is -2.54. The third kappa shape index (κ3) is 5.18. The monoisotopic (exact) mass is 490 g/mol. The quantitative estimate of drug-likeness (QED) is 0.330. The first-order valence-corrected chi connectivity index (χ1v) is 11.6. The second-order valence-corrected chi connectivity index (χ2v) is 8.16. The zero-order valence-corrected chi connectivity index (χ0v) is 21.0. The molecule has 0 saturated carbocycles. The van der Waals surface area contributed by atoms with Gasteiger partial charge in [-0.25, -0.2) is 4.79 Å². The topological polar surface area (TPSA) is 60.9 Å². The lowest BCUT2D eigenvalue weighted by atomic mass is 9.93. The molecule has 0 N–H and O–H groups in total. The highest BCUT2D eigenvalue weighted by molar-refractivity contribution is 6.42. The van der Waals surface area contributed by atoms with Gasteiger partial charge >= 0.3 is 5.97 Å². The lowest BCUT2D eigenvalue weighted by molar-refractivity contribution is 0.0524. The molecule has 33 heavy (non-hydrogen) atoms. The number of aromatic nitrogens is 1. The standard InChI is InChI=1S/C25H28Cl2N2O4/c1-6-29(7-2)14-20-24(25(30)33-8-3)23(15-9-10-17(26)18(27)11-15)16-12-21(31-4)22(32-5)13-19(16)28-20/h9-13H,6-8,14H2,1-5H3. The number of pyridine rings is 1. The van der Waals surface area contributed by atoms with E-state index in [1.54, 1.807) is 33.3 Å². The van der Waals surface area contributed by atoms with Crippen molar-refractivity contribution in [2.24, 2.45) is 0 Å². The average Bonchev–Trinajstić information content (AvgIpc) is 2.82. The minimum Gasteiger partial charge on any atom is -0.493 e. The molecule has 1 heterocycles. The molecule has 0 unspecified atom stereocenters. The second kappa shape index (κ2) is 11.1. The number of rotatable bonds is 9. The Bertz CT molecular complexity index is 1160. The summed E-state index contributed by atoms with van der Waals surface area (Å²) < 4.78 is 16.5. The first kappa shape index (κ1) is 25.1. The molecule has 3 aromatic rings. The molecule has 3 rings (SSSR count). The molecule has 0 spiro atoms. The van der Waals surface area contributed by atoms with E-state index in [-0.39, 0.29) is 6.61 Å². The minimum atomic E-state index is -0.440. The molecule has 0 bridgehead atoms. The summed E-state index contributed by atoms with van der Waals surface area (Å²) in [7, 11) is 3.14. The zero-order valence-electron chi connectivity index (χ0n) is 19.5. The molecular formula is C25H28Cl2N2O4. The average molecular weight is 491 g/mol. The molecule has 0 saturated heterocycles. The molecule has 0 atom stereocenters. The van der Waals surface area contributed by atoms with Crippen LogP contribution in [0.25, 0.3) is 22.0 Å². The Balaban J connectivity index is 2.47. The van der Waals surface area contributed by atoms with Crippen molar-refractivity contribution < 1.29 is 19.0 Å². The Labute approximate surface area is 204 Å². The van der Waals surface area contributed by atoms with Crippen LogP contribution in [-0.2, 0) is 11.3 Å². The number of halogens is 2. The van der Waals surface area contributed by atoms with E-state index in [1.807, 2.05) is 18.2 Å². The number of carbonyl (C=O) groups is 1. The second-order valence-electron chi connectivity index (χ2n) is 7.34. The number of hydrogen-bond donors (Lipinski definition) is 0. The van der Waals surface area contributed by atoms with Crippen LogP contribution in [0.1, 0.15) is 36.8 Å². The molecule has 2 aromatic carbocycles. The van der Waals surface area contributed by atoms with Gasteiger partial charge in [-0.2, -0.15) is 0 Å². The van der Waals surface area contributed by atoms with Crippen molar-refractivity contribution in [3.63, 3.8) is 0 Å². The lowest BCUT2D eigenvalue weighted by Gasteiger charge is -2.22. The summed E-state index contributed by atoms with van der Waals surface area (Å²) in [5.74, 6) is 0.639. The fourth-order valence-electron chi connectivity index (χ4n) is 3.79. The summed E-state index contributed by atoms with van der Waals surface area (Å²) in [5.41, 5.74) is 3.09. The summed E-state index contributed by atoms with van der Waals surface area (Å²) in [5, 5.41) is 1.54. The van der Waals surface area contributed by atoms with Crippen molar-refractivity contribution in [1.29, 1.82) is 0 Å². The number of esters is 1. The van der Waals surface area contributed by atoms with Crippen molar-refractivity contribution in [3.8, 4) is 22.6 Å². The third-order valence-corrected chi connectivity index (χ3v) is 6.26. The van der Waals surface area contributed by atoms with Gasteiger partial charge in [0.1, 0.15) is 0 Å². The number of carbonyl (C=O) groups excluding carboxylic acids is 1. The molecular weight excluding hydrogens is 463 g/mol. The predicted octanol–water partition coefficient (Wildman–Crippen LogP) is 6.24. The van der Waals surface area contributed by atoms with Gasteiger partial charge in [-0.05, 0) is 43.8 Å². The van der Waals surface area contributed by atoms with E-state index in [1.165, 1.54) is 0 Å². The van der Waals surface area contributed by atoms with Gasteiger partial charge in [0.2, 0.25) is 0 Å². The van der Waals surface area contributed by atoms with E-state index >= 15 is 0 Å². The molecule has 176 valence electrons. The van der Waals surface area contributed by atoms with Crippen molar-refractivity contribution in [2.75, 3.05) is 33.9 Å². The molecule has 0 fully saturated rings. The first-order chi connectivity index (χ1) is 15.9. The summed E-state index contributed by atoms with van der Waals surface area (Å²) in [6.07, 6.45) is 0. The van der Waals surface area contributed by atoms with Gasteiger partial charge in [0, 0.05) is 23.6 Å². The van der Waals surface area contributed by atoms with Crippen LogP contribution in [0.4, 0.5) is 0 Å². The Morgan fingerprint density at radius 2 is 1.64 bits per heavy atom. The zero-order chi connectivity index (χ0) is 24.1. The van der Waals surface area contributed by atoms with E-state index in [0.29, 0.717) is 50.4 Å². The highest BCUT2D eigenvalue weighted by Crippen LogP contribution is 2.41. The molecule has 0 aliphatic rings. The van der Waals surface area contributed by atoms with Crippen molar-refractivity contribution in [2.45, 2.75) is 27.3 Å². The van der Waals surface area contributed by atoms with Gasteiger partial charge in [-0.3, -0.25) is 9.88 Å². The highest BCUT2D eigenvalue weighted by Gasteiger charge is 2.26. The number of hydrogen-bond acceptors (Lipinski definition) is 6. The van der Waals surface area contributed by atoms with Crippen LogP contribution >= 0.6 is 23.2 Å². The van der Waals surface area contributed by atoms with Gasteiger partial charge in [-0.1, -0.05) is 43.1 Å². The molecule has 0 radical (unpaired) electrons. The lowest BCUT2D eigenvalue weighted by Crippen LogP contribution is -2.25. The predicted molar refractivity (Wildman–Crippen MR) is 133 cm³/mol. The van der Waals surface area contributed by atoms with Gasteiger partial charge in [-0.15, -0.1) is 0 Å². The van der Waals surface area contributed by atoms with Crippen LogP contribution in [-0.4, -0.2) is 49.8 Å². The van der Waals surface area contributed by atoms with E-state index in [4.69, 9.17) is 42.4 Å². The third-order valence-electron chi connectivity index (χ3n) is 5.52. The summed E-state index contributed by atoms with van der Waals surface area (Å²) in [4.78, 5) is 20.4. The van der Waals surface area contributed by atoms with Crippen molar-refractivity contribution in [1.82, 2.24) is 9.88 Å². The fraction of sp³-hybridized carbons (Fsp3) is 0.360. The minimum absolute atomic E-state index is 0.244. The maximum Gasteiger partial charge on any atom is 0.340 e. The van der Waals surface area contributed by atoms with E-state index in [9.17, 15) is 4.79 Å². The first-order valence-electron chi connectivity index (χ1n) is 10.8. The fourth-order valence-corrected chi connectivity index (χ4v) is 4.09. The van der Waals surface area contributed by atoms with Gasteiger partial charge in [0.05, 0.1) is 47.6 Å². The summed E-state index contributed by atoms with van der Waals surface area (Å²) in [6, 6.07) is 8.94. The van der Waals surface area contributed by atoms with E-state index in [0.717, 1.165) is 24.0 Å². The number of fused-ring (bicyclic) bond motifs is 1. The van der Waals surface area contributed by atoms with Crippen molar-refractivity contribution in [3.05, 3.63) is 51.6 Å². The van der Waals surface area contributed by atoms with Crippen LogP contribution < -0.4 is 9.47 Å². The Morgan fingerprint density at radius 1 is 0.970 bits per heavy atom. The Morgan fingerprint density at radius 3 is 2.21 bits per heavy atom. The van der Waals surface area contributed by atoms with Gasteiger partial charge in [0.25, 0.3) is 0 Å². The number of ether oxygens (including phenoxy) is 3. The number of methoxy groups -OCH3 is 2. The largest absolute Gasteiger partial charge is 0.493 e. The molecule has 1 aromatic heterocycles. The van der Waals surface area contributed by atoms with Crippen LogP contribution in [0.15, 0.2) is 30.3 Å². The molecule has 0 aliphatic carbocycles. The molecule has 0 amide bonds. The van der Waals surface area contributed by atoms with Gasteiger partial charge in [0.15, 0.2) is 11.5 Å². The van der Waals surface area contributed by atoms with Crippen molar-refractivity contribution >= 4 is 40.1 Å². The number of nitrogens with zero attached hydrogens (tertiary/aromatic N) is 2. The molecule has 8 heteroatoms. The molecule has 0 aliphatic heterocycles. The van der Waals surface area contributed by atoms with Gasteiger partial charge < -0.3 is 14.2 Å². The van der Waals surface area contributed by atoms with Crippen LogP contribution in [0.5, 0.6) is 11.5 Å². The maximum atomic E-state index is 13.3. The Kier molecular flexibility index (Phi) is 8.40. The van der Waals surface area contributed by atoms with Crippen LogP contribution in [0, 0.1) is 0 Å². The van der Waals surface area contributed by atoms with E-state index in [2.05, 4.69) is 18.7 Å². The normalized spacial score (nSPS) is 11.2. The summed E-state index contributed by atoms with van der Waals surface area (Å²) >= 11 is 12.6. The van der Waals surface area contributed by atoms with Crippen LogP contribution in [0.2, 0.25) is 10.0 Å². The smallest absolute Gasteiger partial charge is 0.340 e. The van der Waals surface area contributed by atoms with Crippen LogP contribution in [0.3, 0.4) is 0 Å². The summed E-state index contributed by atoms with van der Waals surface area (Å²) in [6.45, 7) is 8.28. The van der Waals surface area contributed by atoms with E-state index < -0.39 is 5.97 Å². The number of benzene rings is 2. The SMILES string of the molecule is CCOC(=O)c1c(CN(CC)CC)nc2cc(OC)c(OC)cc2c1-c1ccc(Cl)c(Cl)c1. The molecule has 6 nitrogen and oxygen atoms in total. The maximum absolute atomic E-state index is 13.3.